The number of phenols is 1. The molecular weight excluding hydrogens is 711 g/mol. The molecule has 0 radical (unpaired) electrons. The smallest absolute Gasteiger partial charge is 0.254 e. The fraction of sp³-hybridized carbons (Fsp3) is 0.407. The van der Waals surface area contributed by atoms with E-state index in [0.717, 1.165) is 9.78 Å². The summed E-state index contributed by atoms with van der Waals surface area (Å²) in [6.45, 7) is 0.164. The third-order valence-corrected chi connectivity index (χ3v) is 11.8. The number of thiophene rings is 1. The van der Waals surface area contributed by atoms with Crippen LogP contribution in [0.5, 0.6) is 11.5 Å². The lowest BCUT2D eigenvalue weighted by atomic mass is 9.56. The van der Waals surface area contributed by atoms with Crippen LogP contribution >= 0.6 is 66.4 Å². The SMILES string of the molecule is COc1cc(Br)cc(C2C3=CCC4C(=O)N(Cc5cccs5)C(=O)C4C3CC3(Cl)C(=O)N(CBr)C(=O)C23Cl)c1O. The van der Waals surface area contributed by atoms with Crippen LogP contribution in [0.1, 0.15) is 29.2 Å². The average molecular weight is 733 g/mol. The number of allylic oxidation sites excluding steroid dienone is 2. The number of hydrogen-bond acceptors (Lipinski definition) is 7. The van der Waals surface area contributed by atoms with Crippen LogP contribution in [-0.2, 0) is 25.7 Å². The molecule has 6 rings (SSSR count). The Morgan fingerprint density at radius 2 is 1.88 bits per heavy atom. The second-order valence-corrected chi connectivity index (χ2v) is 14.1. The molecule has 6 unspecified atom stereocenters. The monoisotopic (exact) mass is 730 g/mol. The summed E-state index contributed by atoms with van der Waals surface area (Å²) in [5.74, 6) is -5.32. The van der Waals surface area contributed by atoms with E-state index in [1.807, 2.05) is 23.6 Å². The lowest BCUT2D eigenvalue weighted by Crippen LogP contribution is -2.60. The van der Waals surface area contributed by atoms with Crippen molar-refractivity contribution in [3.63, 3.8) is 0 Å². The van der Waals surface area contributed by atoms with Crippen LogP contribution < -0.4 is 4.74 Å². The van der Waals surface area contributed by atoms with Gasteiger partial charge in [-0.1, -0.05) is 49.6 Å². The first-order valence-electron chi connectivity index (χ1n) is 12.4. The molecule has 4 amide bonds. The number of hydrogen-bond donors (Lipinski definition) is 1. The van der Waals surface area contributed by atoms with Crippen molar-refractivity contribution in [3.8, 4) is 11.5 Å². The van der Waals surface area contributed by atoms with Crippen LogP contribution in [0, 0.1) is 17.8 Å². The van der Waals surface area contributed by atoms with Gasteiger partial charge in [-0.25, -0.2) is 0 Å². The van der Waals surface area contributed by atoms with E-state index in [1.54, 1.807) is 12.1 Å². The maximum Gasteiger partial charge on any atom is 0.254 e. The Kier molecular flexibility index (Phi) is 6.93. The molecule has 3 heterocycles. The van der Waals surface area contributed by atoms with Crippen molar-refractivity contribution in [3.05, 3.63) is 56.2 Å². The first kappa shape index (κ1) is 28.2. The summed E-state index contributed by atoms with van der Waals surface area (Å²) in [6.07, 6.45) is 1.96. The number of fused-ring (bicyclic) bond motifs is 4. The van der Waals surface area contributed by atoms with Gasteiger partial charge in [0.2, 0.25) is 11.8 Å². The average Bonchev–Trinajstić information content (AvgIpc) is 3.57. The molecule has 1 saturated carbocycles. The molecule has 4 aliphatic rings. The molecular formula is C27H22Br2Cl2N2O6S. The second kappa shape index (κ2) is 9.83. The summed E-state index contributed by atoms with van der Waals surface area (Å²) in [5, 5.41) is 13.2. The van der Waals surface area contributed by atoms with Crippen molar-refractivity contribution in [2.75, 3.05) is 12.6 Å². The third kappa shape index (κ3) is 3.66. The van der Waals surface area contributed by atoms with Crippen LogP contribution in [0.25, 0.3) is 0 Å². The van der Waals surface area contributed by atoms with Crippen LogP contribution in [0.2, 0.25) is 0 Å². The zero-order valence-corrected chi connectivity index (χ0v) is 26.4. The molecule has 13 heteroatoms. The van der Waals surface area contributed by atoms with E-state index < -0.39 is 45.2 Å². The highest BCUT2D eigenvalue weighted by Crippen LogP contribution is 2.66. The van der Waals surface area contributed by atoms with Gasteiger partial charge in [-0.05, 0) is 42.3 Å². The van der Waals surface area contributed by atoms with Crippen molar-refractivity contribution in [2.45, 2.75) is 35.1 Å². The predicted molar refractivity (Wildman–Crippen MR) is 156 cm³/mol. The number of amides is 4. The van der Waals surface area contributed by atoms with E-state index >= 15 is 0 Å². The molecule has 2 aliphatic heterocycles. The number of alkyl halides is 3. The molecule has 6 atom stereocenters. The summed E-state index contributed by atoms with van der Waals surface area (Å²) in [5.41, 5.74) is 0.695. The zero-order chi connectivity index (χ0) is 28.7. The third-order valence-electron chi connectivity index (χ3n) is 8.60. The summed E-state index contributed by atoms with van der Waals surface area (Å²) in [7, 11) is 1.39. The fourth-order valence-electron chi connectivity index (χ4n) is 6.85. The van der Waals surface area contributed by atoms with Gasteiger partial charge < -0.3 is 9.84 Å². The van der Waals surface area contributed by atoms with Crippen molar-refractivity contribution in [1.82, 2.24) is 9.80 Å². The number of halogens is 4. The first-order valence-corrected chi connectivity index (χ1v) is 16.0. The second-order valence-electron chi connectivity index (χ2n) is 10.4. The number of carbonyl (C=O) groups is 4. The van der Waals surface area contributed by atoms with E-state index in [1.165, 1.54) is 23.3 Å². The summed E-state index contributed by atoms with van der Waals surface area (Å²) < 4.78 is 5.91. The van der Waals surface area contributed by atoms with E-state index in [2.05, 4.69) is 31.9 Å². The van der Waals surface area contributed by atoms with Gasteiger partial charge in [-0.15, -0.1) is 34.5 Å². The fourth-order valence-corrected chi connectivity index (χ4v) is 9.41. The minimum Gasteiger partial charge on any atom is -0.504 e. The molecule has 1 aromatic heterocycles. The molecule has 0 bridgehead atoms. The van der Waals surface area contributed by atoms with Gasteiger partial charge in [0.15, 0.2) is 21.2 Å². The molecule has 3 fully saturated rings. The van der Waals surface area contributed by atoms with Crippen LogP contribution in [0.3, 0.4) is 0 Å². The Morgan fingerprint density at radius 3 is 2.52 bits per heavy atom. The number of rotatable bonds is 5. The highest BCUT2D eigenvalue weighted by molar-refractivity contribution is 9.10. The molecule has 0 spiro atoms. The lowest BCUT2D eigenvalue weighted by molar-refractivity contribution is -0.141. The number of imide groups is 2. The van der Waals surface area contributed by atoms with Crippen molar-refractivity contribution in [1.29, 1.82) is 0 Å². The van der Waals surface area contributed by atoms with Gasteiger partial charge in [0.1, 0.15) is 0 Å². The number of likely N-dealkylation sites (tertiary alicyclic amines) is 2. The molecule has 8 nitrogen and oxygen atoms in total. The van der Waals surface area contributed by atoms with Gasteiger partial charge in [-0.2, -0.15) is 0 Å². The van der Waals surface area contributed by atoms with Crippen LogP contribution in [-0.4, -0.2) is 60.8 Å². The van der Waals surface area contributed by atoms with Gasteiger partial charge in [-0.3, -0.25) is 29.0 Å². The molecule has 1 aromatic carbocycles. The van der Waals surface area contributed by atoms with E-state index in [0.29, 0.717) is 10.0 Å². The molecule has 40 heavy (non-hydrogen) atoms. The Hall–Kier alpha value is -1.92. The Bertz CT molecular complexity index is 1500. The number of benzene rings is 1. The van der Waals surface area contributed by atoms with Crippen molar-refractivity contribution >= 4 is 90.0 Å². The summed E-state index contributed by atoms with van der Waals surface area (Å²) in [6, 6.07) is 6.90. The van der Waals surface area contributed by atoms with Gasteiger partial charge in [0.25, 0.3) is 11.8 Å². The molecule has 2 saturated heterocycles. The van der Waals surface area contributed by atoms with E-state index in [4.69, 9.17) is 27.9 Å². The maximum atomic E-state index is 13.9. The van der Waals surface area contributed by atoms with Crippen LogP contribution in [0.15, 0.2) is 45.8 Å². The highest BCUT2D eigenvalue weighted by Gasteiger charge is 2.76. The largest absolute Gasteiger partial charge is 0.504 e. The van der Waals surface area contributed by atoms with Gasteiger partial charge in [0.05, 0.1) is 30.9 Å². The summed E-state index contributed by atoms with van der Waals surface area (Å²) >= 11 is 22.5. The highest BCUT2D eigenvalue weighted by atomic mass is 79.9. The molecule has 2 aliphatic carbocycles. The maximum absolute atomic E-state index is 13.9. The number of carbonyl (C=O) groups excluding carboxylic acids is 4. The Balaban J connectivity index is 1.53. The van der Waals surface area contributed by atoms with Crippen LogP contribution in [0.4, 0.5) is 0 Å². The summed E-state index contributed by atoms with van der Waals surface area (Å²) in [4.78, 5) is 54.1. The topological polar surface area (TPSA) is 104 Å². The minimum absolute atomic E-state index is 0.118. The first-order chi connectivity index (χ1) is 19.0. The van der Waals surface area contributed by atoms with Gasteiger partial charge in [0, 0.05) is 20.8 Å². The molecule has 2 aromatic rings. The Labute approximate surface area is 260 Å². The van der Waals surface area contributed by atoms with E-state index in [9.17, 15) is 24.3 Å². The Morgan fingerprint density at radius 1 is 1.12 bits per heavy atom. The molecule has 210 valence electrons. The van der Waals surface area contributed by atoms with Gasteiger partial charge >= 0.3 is 0 Å². The number of ether oxygens (including phenoxy) is 1. The normalized spacial score (nSPS) is 33.2. The lowest BCUT2D eigenvalue weighted by Gasteiger charge is -2.50. The number of nitrogens with zero attached hydrogens (tertiary/aromatic N) is 2. The standard InChI is InChI=1S/C27H22Br2Cl2N2O6S/c1-39-18-8-12(29)7-16(21(18)34)20-14-4-5-15-19(23(36)32(22(15)35)10-13-3-2-6-40-13)17(14)9-26(30)24(37)33(11-28)25(38)27(20,26)31/h2-4,6-8,15,17,19-20,34H,5,9-11H2,1H3. The van der Waals surface area contributed by atoms with E-state index in [-0.39, 0.29) is 53.7 Å². The number of aromatic hydroxyl groups is 1. The molecule has 1 N–H and O–H groups in total. The zero-order valence-electron chi connectivity index (χ0n) is 20.9. The van der Waals surface area contributed by atoms with Crippen molar-refractivity contribution in [2.24, 2.45) is 17.8 Å². The minimum atomic E-state index is -2.01. The predicted octanol–water partition coefficient (Wildman–Crippen LogP) is 5.14. The number of phenolic OH excluding ortho intramolecular Hbond substituents is 1. The number of methoxy groups -OCH3 is 1. The van der Waals surface area contributed by atoms with Crippen molar-refractivity contribution < 1.29 is 29.0 Å². The quantitative estimate of drug-likeness (QED) is 0.198.